The molecule has 0 fully saturated rings. The second-order valence-electron chi connectivity index (χ2n) is 6.86. The van der Waals surface area contributed by atoms with Gasteiger partial charge in [-0.3, -0.25) is 10.1 Å². The van der Waals surface area contributed by atoms with Gasteiger partial charge in [-0.25, -0.2) is 13.8 Å². The molecule has 30 heavy (non-hydrogen) atoms. The number of H-pyrrole nitrogens is 1. The van der Waals surface area contributed by atoms with Gasteiger partial charge in [0.2, 0.25) is 0 Å². The number of nitrogens with one attached hydrogen (secondary N) is 2. The van der Waals surface area contributed by atoms with E-state index in [1.54, 1.807) is 6.20 Å². The van der Waals surface area contributed by atoms with Crippen molar-refractivity contribution in [3.8, 4) is 22.4 Å². The SMILES string of the molecule is Cc1cc(-c2ccc3c(c2)-c2n[nH]c(I)c2N=C(c2c(F)cccc2F)N3)ccn1. The third-order valence-corrected chi connectivity index (χ3v) is 5.63. The van der Waals surface area contributed by atoms with Crippen molar-refractivity contribution in [1.29, 1.82) is 0 Å². The van der Waals surface area contributed by atoms with E-state index in [9.17, 15) is 8.78 Å². The van der Waals surface area contributed by atoms with Crippen molar-refractivity contribution < 1.29 is 8.78 Å². The topological polar surface area (TPSA) is 66.0 Å². The van der Waals surface area contributed by atoms with E-state index >= 15 is 0 Å². The van der Waals surface area contributed by atoms with Crippen LogP contribution in [0.3, 0.4) is 0 Å². The summed E-state index contributed by atoms with van der Waals surface area (Å²) in [4.78, 5) is 8.78. The van der Waals surface area contributed by atoms with Gasteiger partial charge in [0.05, 0.1) is 5.56 Å². The van der Waals surface area contributed by atoms with Gasteiger partial charge >= 0.3 is 0 Å². The number of benzene rings is 2. The Morgan fingerprint density at radius 3 is 2.50 bits per heavy atom. The van der Waals surface area contributed by atoms with Crippen LogP contribution in [0.15, 0.2) is 59.7 Å². The second-order valence-corrected chi connectivity index (χ2v) is 7.94. The number of pyridine rings is 1. The molecule has 0 atom stereocenters. The number of aliphatic imine (C=N–C) groups is 1. The van der Waals surface area contributed by atoms with E-state index in [0.29, 0.717) is 20.8 Å². The van der Waals surface area contributed by atoms with Crippen molar-refractivity contribution in [2.24, 2.45) is 4.99 Å². The zero-order valence-corrected chi connectivity index (χ0v) is 17.8. The minimum Gasteiger partial charge on any atom is -0.339 e. The molecule has 3 heterocycles. The minimum atomic E-state index is -0.686. The zero-order chi connectivity index (χ0) is 20.8. The van der Waals surface area contributed by atoms with Crippen LogP contribution in [0.1, 0.15) is 11.3 Å². The molecule has 1 aliphatic heterocycles. The van der Waals surface area contributed by atoms with Crippen molar-refractivity contribution in [2.45, 2.75) is 6.92 Å². The highest BCUT2D eigenvalue weighted by Gasteiger charge is 2.25. The van der Waals surface area contributed by atoms with Crippen molar-refractivity contribution in [1.82, 2.24) is 15.2 Å². The largest absolute Gasteiger partial charge is 0.339 e. The first-order chi connectivity index (χ1) is 14.5. The Bertz CT molecular complexity index is 1310. The van der Waals surface area contributed by atoms with E-state index in [1.165, 1.54) is 18.2 Å². The van der Waals surface area contributed by atoms with E-state index in [4.69, 9.17) is 0 Å². The molecule has 0 bridgehead atoms. The van der Waals surface area contributed by atoms with Crippen LogP contribution in [0.2, 0.25) is 0 Å². The number of nitrogens with zero attached hydrogens (tertiary/aromatic N) is 3. The predicted molar refractivity (Wildman–Crippen MR) is 121 cm³/mol. The van der Waals surface area contributed by atoms with Crippen LogP contribution in [-0.4, -0.2) is 21.0 Å². The van der Waals surface area contributed by atoms with Crippen LogP contribution in [0.4, 0.5) is 20.2 Å². The van der Waals surface area contributed by atoms with E-state index in [0.717, 1.165) is 22.4 Å². The van der Waals surface area contributed by atoms with Crippen LogP contribution in [0.5, 0.6) is 0 Å². The van der Waals surface area contributed by atoms with E-state index in [1.807, 2.05) is 37.3 Å². The summed E-state index contributed by atoms with van der Waals surface area (Å²) in [6.45, 7) is 1.94. The third-order valence-electron chi connectivity index (χ3n) is 4.88. The fourth-order valence-corrected chi connectivity index (χ4v) is 3.96. The number of fused-ring (bicyclic) bond motifs is 3. The standard InChI is InChI=1S/C22H14F2IN5/c1-11-9-13(7-8-26-11)12-5-6-17-14(10-12)19-20(21(25)30-29-19)28-22(27-17)18-15(23)3-2-4-16(18)24/h2-10H,1H3,(H,27,28)(H,29,30). The summed E-state index contributed by atoms with van der Waals surface area (Å²) in [7, 11) is 0. The number of hydrogen-bond donors (Lipinski definition) is 2. The molecular formula is C22H14F2IN5. The molecule has 5 nitrogen and oxygen atoms in total. The van der Waals surface area contributed by atoms with E-state index in [2.05, 4.69) is 48.1 Å². The quantitative estimate of drug-likeness (QED) is 0.332. The number of aromatic amines is 1. The van der Waals surface area contributed by atoms with Crippen molar-refractivity contribution in [3.05, 3.63) is 81.3 Å². The Labute approximate surface area is 184 Å². The lowest BCUT2D eigenvalue weighted by Crippen LogP contribution is -2.17. The van der Waals surface area contributed by atoms with Crippen molar-refractivity contribution in [2.75, 3.05) is 5.32 Å². The average Bonchev–Trinajstić information content (AvgIpc) is 2.99. The molecule has 8 heteroatoms. The first-order valence-electron chi connectivity index (χ1n) is 9.12. The highest BCUT2D eigenvalue weighted by molar-refractivity contribution is 14.1. The monoisotopic (exact) mass is 513 g/mol. The normalized spacial score (nSPS) is 12.5. The fourth-order valence-electron chi connectivity index (χ4n) is 3.47. The van der Waals surface area contributed by atoms with Gasteiger partial charge in [0, 0.05) is 23.1 Å². The molecule has 0 saturated carbocycles. The Balaban J connectivity index is 1.71. The van der Waals surface area contributed by atoms with Gasteiger partial charge < -0.3 is 5.32 Å². The Hall–Kier alpha value is -3.14. The smallest absolute Gasteiger partial charge is 0.144 e. The number of hydrogen-bond acceptors (Lipinski definition) is 4. The van der Waals surface area contributed by atoms with E-state index in [-0.39, 0.29) is 11.4 Å². The van der Waals surface area contributed by atoms with Gasteiger partial charge in [-0.15, -0.1) is 0 Å². The third kappa shape index (κ3) is 3.17. The molecule has 2 N–H and O–H groups in total. The maximum atomic E-state index is 14.5. The molecule has 148 valence electrons. The molecule has 0 radical (unpaired) electrons. The van der Waals surface area contributed by atoms with Gasteiger partial charge in [0.25, 0.3) is 0 Å². The molecule has 2 aromatic carbocycles. The van der Waals surface area contributed by atoms with Crippen LogP contribution in [0.25, 0.3) is 22.4 Å². The van der Waals surface area contributed by atoms with Crippen LogP contribution in [0, 0.1) is 22.3 Å². The first-order valence-corrected chi connectivity index (χ1v) is 10.2. The molecule has 0 spiro atoms. The molecule has 5 rings (SSSR count). The van der Waals surface area contributed by atoms with Gasteiger partial charge in [0.1, 0.15) is 32.6 Å². The number of anilines is 1. The van der Waals surface area contributed by atoms with Crippen LogP contribution < -0.4 is 5.32 Å². The summed E-state index contributed by atoms with van der Waals surface area (Å²) in [5, 5.41) is 10.4. The number of rotatable bonds is 2. The molecule has 1 aliphatic rings. The van der Waals surface area contributed by atoms with E-state index < -0.39 is 11.6 Å². The lowest BCUT2D eigenvalue weighted by atomic mass is 10.00. The van der Waals surface area contributed by atoms with Gasteiger partial charge in [-0.05, 0) is 77.0 Å². The van der Waals surface area contributed by atoms with Crippen LogP contribution >= 0.6 is 22.6 Å². The zero-order valence-electron chi connectivity index (χ0n) is 15.7. The van der Waals surface area contributed by atoms with Crippen LogP contribution in [-0.2, 0) is 0 Å². The maximum absolute atomic E-state index is 14.5. The van der Waals surface area contributed by atoms with Gasteiger partial charge in [-0.2, -0.15) is 5.10 Å². The summed E-state index contributed by atoms with van der Waals surface area (Å²) >= 11 is 2.08. The Morgan fingerprint density at radius 1 is 0.967 bits per heavy atom. The summed E-state index contributed by atoms with van der Waals surface area (Å²) in [5.74, 6) is -1.28. The molecule has 0 unspecified atom stereocenters. The molecule has 0 amide bonds. The molecule has 0 aliphatic carbocycles. The lowest BCUT2D eigenvalue weighted by molar-refractivity contribution is 0.579. The number of aromatic nitrogens is 3. The number of aryl methyl sites for hydroxylation is 1. The highest BCUT2D eigenvalue weighted by atomic mass is 127. The van der Waals surface area contributed by atoms with Gasteiger partial charge in [0.15, 0.2) is 0 Å². The molecular weight excluding hydrogens is 499 g/mol. The summed E-state index contributed by atoms with van der Waals surface area (Å²) in [5.41, 5.74) is 5.29. The summed E-state index contributed by atoms with van der Waals surface area (Å²) < 4.78 is 29.6. The fraction of sp³-hybridized carbons (Fsp3) is 0.0455. The first kappa shape index (κ1) is 18.9. The lowest BCUT2D eigenvalue weighted by Gasteiger charge is -2.13. The molecule has 4 aromatic rings. The molecule has 0 saturated heterocycles. The number of halogens is 3. The number of amidine groups is 1. The summed E-state index contributed by atoms with van der Waals surface area (Å²) in [6.07, 6.45) is 1.76. The highest BCUT2D eigenvalue weighted by Crippen LogP contribution is 2.41. The Kier molecular flexibility index (Phi) is 4.58. The predicted octanol–water partition coefficient (Wildman–Crippen LogP) is 5.83. The summed E-state index contributed by atoms with van der Waals surface area (Å²) in [6, 6.07) is 13.5. The second kappa shape index (κ2) is 7.28. The maximum Gasteiger partial charge on any atom is 0.144 e. The average molecular weight is 513 g/mol. The molecule has 2 aromatic heterocycles. The van der Waals surface area contributed by atoms with Gasteiger partial charge in [-0.1, -0.05) is 12.1 Å². The van der Waals surface area contributed by atoms with Crippen molar-refractivity contribution >= 4 is 39.8 Å². The minimum absolute atomic E-state index is 0.0948. The Morgan fingerprint density at radius 2 is 1.73 bits per heavy atom. The van der Waals surface area contributed by atoms with Crippen molar-refractivity contribution in [3.63, 3.8) is 0 Å².